The average molecular weight is 347 g/mol. The molecule has 0 atom stereocenters. The molecule has 3 aromatic heterocycles. The van der Waals surface area contributed by atoms with Crippen LogP contribution in [0.1, 0.15) is 5.56 Å². The van der Waals surface area contributed by atoms with Crippen LogP contribution in [0, 0.1) is 0 Å². The molecule has 7 heteroatoms. The van der Waals surface area contributed by atoms with Gasteiger partial charge in [-0.25, -0.2) is 9.97 Å². The van der Waals surface area contributed by atoms with E-state index >= 15 is 0 Å². The van der Waals surface area contributed by atoms with Gasteiger partial charge < -0.3 is 15.1 Å². The number of nitrogens with zero attached hydrogens (tertiary/aromatic N) is 6. The molecule has 0 spiro atoms. The summed E-state index contributed by atoms with van der Waals surface area (Å²) >= 11 is 0. The van der Waals surface area contributed by atoms with E-state index in [4.69, 9.17) is 0 Å². The molecule has 1 saturated heterocycles. The predicted molar refractivity (Wildman–Crippen MR) is 102 cm³/mol. The summed E-state index contributed by atoms with van der Waals surface area (Å²) < 4.78 is 0. The van der Waals surface area contributed by atoms with Crippen molar-refractivity contribution in [3.05, 3.63) is 66.7 Å². The lowest BCUT2D eigenvalue weighted by Crippen LogP contribution is -2.47. The van der Waals surface area contributed by atoms with Crippen molar-refractivity contribution < 1.29 is 0 Å². The largest absolute Gasteiger partial charge is 0.353 e. The number of piperazine rings is 1. The molecule has 1 N–H and O–H groups in total. The number of aromatic nitrogens is 4. The zero-order valence-electron chi connectivity index (χ0n) is 14.5. The van der Waals surface area contributed by atoms with Gasteiger partial charge in [0.05, 0.1) is 0 Å². The van der Waals surface area contributed by atoms with Crippen LogP contribution in [-0.2, 0) is 6.54 Å². The summed E-state index contributed by atoms with van der Waals surface area (Å²) in [6, 6.07) is 11.9. The van der Waals surface area contributed by atoms with Crippen molar-refractivity contribution in [2.24, 2.45) is 0 Å². The zero-order valence-corrected chi connectivity index (χ0v) is 14.5. The Bertz CT molecular complexity index is 818. The van der Waals surface area contributed by atoms with Gasteiger partial charge in [-0.3, -0.25) is 4.98 Å². The molecule has 0 saturated carbocycles. The summed E-state index contributed by atoms with van der Waals surface area (Å²) in [6.45, 7) is 4.34. The van der Waals surface area contributed by atoms with E-state index in [-0.39, 0.29) is 0 Å². The fourth-order valence-electron chi connectivity index (χ4n) is 3.00. The van der Waals surface area contributed by atoms with Crippen LogP contribution in [0.15, 0.2) is 61.2 Å². The van der Waals surface area contributed by atoms with Crippen LogP contribution in [0.25, 0.3) is 0 Å². The molecule has 26 heavy (non-hydrogen) atoms. The average Bonchev–Trinajstić information content (AvgIpc) is 2.74. The lowest BCUT2D eigenvalue weighted by atomic mass is 10.3. The Labute approximate surface area is 152 Å². The van der Waals surface area contributed by atoms with E-state index in [1.165, 1.54) is 0 Å². The number of hydrogen-bond acceptors (Lipinski definition) is 7. The molecule has 4 rings (SSSR count). The molecule has 4 heterocycles. The summed E-state index contributed by atoms with van der Waals surface area (Å²) in [5, 5.41) is 3.27. The summed E-state index contributed by atoms with van der Waals surface area (Å²) in [5.41, 5.74) is 1.10. The fourth-order valence-corrected chi connectivity index (χ4v) is 3.00. The second-order valence-electron chi connectivity index (χ2n) is 6.12. The molecule has 0 aliphatic carbocycles. The van der Waals surface area contributed by atoms with E-state index < -0.39 is 0 Å². The van der Waals surface area contributed by atoms with Crippen molar-refractivity contribution >= 4 is 17.6 Å². The Hall–Kier alpha value is -3.22. The first-order valence-electron chi connectivity index (χ1n) is 8.75. The number of hydrogen-bond donors (Lipinski definition) is 1. The van der Waals surface area contributed by atoms with E-state index in [1.807, 2.05) is 42.7 Å². The van der Waals surface area contributed by atoms with Gasteiger partial charge in [-0.05, 0) is 29.8 Å². The quantitative estimate of drug-likeness (QED) is 0.759. The summed E-state index contributed by atoms with van der Waals surface area (Å²) in [7, 11) is 0. The van der Waals surface area contributed by atoms with Gasteiger partial charge in [-0.15, -0.1) is 0 Å². The first-order valence-corrected chi connectivity index (χ1v) is 8.75. The zero-order chi connectivity index (χ0) is 17.6. The molecule has 0 unspecified atom stereocenters. The van der Waals surface area contributed by atoms with Gasteiger partial charge in [-0.1, -0.05) is 12.1 Å². The third-order valence-corrected chi connectivity index (χ3v) is 4.39. The minimum atomic E-state index is 0.638. The Morgan fingerprint density at radius 3 is 2.38 bits per heavy atom. The number of nitrogens with one attached hydrogen (secondary N) is 1. The molecular formula is C19H21N7. The Morgan fingerprint density at radius 1 is 0.808 bits per heavy atom. The highest BCUT2D eigenvalue weighted by molar-refractivity contribution is 5.46. The normalized spacial score (nSPS) is 14.3. The van der Waals surface area contributed by atoms with Crippen molar-refractivity contribution in [1.82, 2.24) is 19.9 Å². The smallest absolute Gasteiger partial charge is 0.224 e. The molecule has 132 valence electrons. The van der Waals surface area contributed by atoms with Crippen LogP contribution >= 0.6 is 0 Å². The van der Waals surface area contributed by atoms with E-state index in [1.54, 1.807) is 12.4 Å². The van der Waals surface area contributed by atoms with Crippen molar-refractivity contribution in [2.45, 2.75) is 6.54 Å². The maximum absolute atomic E-state index is 4.66. The fraction of sp³-hybridized carbons (Fsp3) is 0.263. The highest BCUT2D eigenvalue weighted by Gasteiger charge is 2.19. The number of pyridine rings is 2. The highest BCUT2D eigenvalue weighted by Crippen LogP contribution is 2.18. The van der Waals surface area contributed by atoms with Gasteiger partial charge in [-0.2, -0.15) is 4.98 Å². The SMILES string of the molecule is c1ccc(N2CCN(c3ccnc(NCc4cccnc4)n3)CC2)nc1. The molecule has 0 aromatic carbocycles. The maximum Gasteiger partial charge on any atom is 0.224 e. The van der Waals surface area contributed by atoms with Crippen LogP contribution in [-0.4, -0.2) is 46.1 Å². The molecule has 7 nitrogen and oxygen atoms in total. The molecule has 1 fully saturated rings. The first kappa shape index (κ1) is 16.3. The maximum atomic E-state index is 4.66. The molecule has 1 aliphatic rings. The summed E-state index contributed by atoms with van der Waals surface area (Å²) in [5.74, 6) is 2.63. The van der Waals surface area contributed by atoms with Crippen LogP contribution in [0.3, 0.4) is 0 Å². The van der Waals surface area contributed by atoms with Crippen molar-refractivity contribution in [1.29, 1.82) is 0 Å². The topological polar surface area (TPSA) is 70.1 Å². The van der Waals surface area contributed by atoms with Crippen LogP contribution in [0.2, 0.25) is 0 Å². The number of rotatable bonds is 5. The van der Waals surface area contributed by atoms with Crippen LogP contribution in [0.5, 0.6) is 0 Å². The van der Waals surface area contributed by atoms with Crippen molar-refractivity contribution in [2.75, 3.05) is 41.3 Å². The second kappa shape index (κ2) is 7.77. The van der Waals surface area contributed by atoms with E-state index in [0.29, 0.717) is 12.5 Å². The molecular weight excluding hydrogens is 326 g/mol. The van der Waals surface area contributed by atoms with Crippen LogP contribution in [0.4, 0.5) is 17.6 Å². The molecule has 3 aromatic rings. The Balaban J connectivity index is 1.36. The Kier molecular flexibility index (Phi) is 4.86. The van der Waals surface area contributed by atoms with Crippen molar-refractivity contribution in [3.8, 4) is 0 Å². The van der Waals surface area contributed by atoms with Crippen LogP contribution < -0.4 is 15.1 Å². The van der Waals surface area contributed by atoms with Gasteiger partial charge in [0.15, 0.2) is 0 Å². The highest BCUT2D eigenvalue weighted by atomic mass is 15.3. The molecule has 0 radical (unpaired) electrons. The van der Waals surface area contributed by atoms with Gasteiger partial charge in [0.1, 0.15) is 11.6 Å². The third kappa shape index (κ3) is 3.88. The van der Waals surface area contributed by atoms with Gasteiger partial charge in [0.25, 0.3) is 0 Å². The molecule has 0 amide bonds. The molecule has 1 aliphatic heterocycles. The first-order chi connectivity index (χ1) is 12.9. The predicted octanol–water partition coefficient (Wildman–Crippen LogP) is 2.21. The lowest BCUT2D eigenvalue weighted by molar-refractivity contribution is 0.641. The van der Waals surface area contributed by atoms with Gasteiger partial charge in [0, 0.05) is 57.5 Å². The third-order valence-electron chi connectivity index (χ3n) is 4.39. The minimum Gasteiger partial charge on any atom is -0.353 e. The van der Waals surface area contributed by atoms with Crippen molar-refractivity contribution in [3.63, 3.8) is 0 Å². The summed E-state index contributed by atoms with van der Waals surface area (Å²) in [6.07, 6.45) is 7.25. The summed E-state index contributed by atoms with van der Waals surface area (Å²) in [4.78, 5) is 22.1. The van der Waals surface area contributed by atoms with Gasteiger partial charge in [0.2, 0.25) is 5.95 Å². The number of anilines is 3. The monoisotopic (exact) mass is 347 g/mol. The van der Waals surface area contributed by atoms with E-state index in [9.17, 15) is 0 Å². The minimum absolute atomic E-state index is 0.638. The lowest BCUT2D eigenvalue weighted by Gasteiger charge is -2.36. The second-order valence-corrected chi connectivity index (χ2v) is 6.12. The van der Waals surface area contributed by atoms with E-state index in [0.717, 1.165) is 43.4 Å². The Morgan fingerprint density at radius 2 is 1.65 bits per heavy atom. The standard InChI is InChI=1S/C19H21N7/c1-2-8-21-17(5-1)25-10-12-26(13-11-25)18-6-9-22-19(24-18)23-15-16-4-3-7-20-14-16/h1-9,14H,10-13,15H2,(H,22,23,24). The molecule has 0 bridgehead atoms. The van der Waals surface area contributed by atoms with Gasteiger partial charge >= 0.3 is 0 Å². The van der Waals surface area contributed by atoms with E-state index in [2.05, 4.69) is 41.1 Å².